The van der Waals surface area contributed by atoms with Crippen molar-refractivity contribution < 1.29 is 18.8 Å². The molecule has 146 valence electrons. The third-order valence-corrected chi connectivity index (χ3v) is 6.01. The molecule has 1 saturated heterocycles. The molecule has 2 aromatic carbocycles. The molecule has 2 aromatic rings. The summed E-state index contributed by atoms with van der Waals surface area (Å²) in [6, 6.07) is 15.2. The second kappa shape index (κ2) is 7.03. The topological polar surface area (TPSA) is 56.8 Å². The van der Waals surface area contributed by atoms with Gasteiger partial charge in [-0.05, 0) is 49.8 Å². The average Bonchev–Trinajstić information content (AvgIpc) is 3.18. The highest BCUT2D eigenvalue weighted by Gasteiger charge is 2.52. The van der Waals surface area contributed by atoms with Crippen LogP contribution in [0.15, 0.2) is 48.5 Å². The molecule has 0 amide bonds. The van der Waals surface area contributed by atoms with E-state index in [1.807, 2.05) is 76.2 Å². The first-order valence-electron chi connectivity index (χ1n) is 9.70. The lowest BCUT2D eigenvalue weighted by Crippen LogP contribution is -2.41. The third-order valence-electron chi connectivity index (χ3n) is 6.01. The zero-order valence-corrected chi connectivity index (χ0v) is 16.8. The average molecular weight is 379 g/mol. The van der Waals surface area contributed by atoms with Crippen LogP contribution < -0.4 is 10.8 Å². The van der Waals surface area contributed by atoms with Crippen molar-refractivity contribution in [2.45, 2.75) is 58.1 Å². The number of nitrogens with one attached hydrogen (secondary N) is 1. The van der Waals surface area contributed by atoms with Gasteiger partial charge in [-0.15, -0.1) is 0 Å². The molecule has 2 aliphatic rings. The molecule has 1 atom stereocenters. The van der Waals surface area contributed by atoms with Crippen LogP contribution in [0, 0.1) is 0 Å². The van der Waals surface area contributed by atoms with E-state index < -0.39 is 24.4 Å². The number of esters is 1. The second-order valence-corrected chi connectivity index (χ2v) is 8.41. The van der Waals surface area contributed by atoms with Gasteiger partial charge in [-0.1, -0.05) is 48.5 Å². The number of benzene rings is 2. The van der Waals surface area contributed by atoms with Gasteiger partial charge in [0.15, 0.2) is 0 Å². The van der Waals surface area contributed by atoms with Gasteiger partial charge in [0.2, 0.25) is 0 Å². The van der Waals surface area contributed by atoms with Crippen LogP contribution in [0.1, 0.15) is 50.4 Å². The minimum absolute atomic E-state index is 0.268. The molecule has 6 heteroatoms. The molecule has 1 unspecified atom stereocenters. The fraction of sp³-hybridized carbons (Fsp3) is 0.409. The first-order chi connectivity index (χ1) is 13.3. The smallest absolute Gasteiger partial charge is 0.459 e. The lowest BCUT2D eigenvalue weighted by molar-refractivity contribution is -0.147. The molecule has 0 aliphatic carbocycles. The number of fused-ring (bicyclic) bond motifs is 1. The third kappa shape index (κ3) is 3.36. The SMILES string of the molecule is CC1(C)OB(c2cccc3c2CNC3C(=O)OCc2ccccc2)OC1(C)C. The van der Waals surface area contributed by atoms with Crippen LogP contribution in [0.2, 0.25) is 0 Å². The van der Waals surface area contributed by atoms with Crippen molar-refractivity contribution in [1.29, 1.82) is 0 Å². The Hall–Kier alpha value is -2.15. The first kappa shape index (κ1) is 19.2. The monoisotopic (exact) mass is 379 g/mol. The quantitative estimate of drug-likeness (QED) is 0.654. The highest BCUT2D eigenvalue weighted by atomic mass is 16.7. The van der Waals surface area contributed by atoms with Crippen LogP contribution in [0.25, 0.3) is 0 Å². The van der Waals surface area contributed by atoms with E-state index in [4.69, 9.17) is 14.0 Å². The molecule has 0 saturated carbocycles. The summed E-state index contributed by atoms with van der Waals surface area (Å²) >= 11 is 0. The van der Waals surface area contributed by atoms with Crippen LogP contribution in [-0.2, 0) is 32.0 Å². The summed E-state index contributed by atoms with van der Waals surface area (Å²) in [5.74, 6) is -0.270. The lowest BCUT2D eigenvalue weighted by atomic mass is 9.75. The highest BCUT2D eigenvalue weighted by Crippen LogP contribution is 2.37. The number of carbonyl (C=O) groups is 1. The molecule has 2 aliphatic heterocycles. The predicted octanol–water partition coefficient (Wildman–Crippen LogP) is 2.87. The Labute approximate surface area is 166 Å². The van der Waals surface area contributed by atoms with Gasteiger partial charge >= 0.3 is 13.1 Å². The summed E-state index contributed by atoms with van der Waals surface area (Å²) in [6.45, 7) is 9.01. The van der Waals surface area contributed by atoms with Crippen molar-refractivity contribution in [3.05, 3.63) is 65.2 Å². The Kier molecular flexibility index (Phi) is 4.82. The normalized spacial score (nSPS) is 22.1. The Morgan fingerprint density at radius 1 is 1.07 bits per heavy atom. The summed E-state index contributed by atoms with van der Waals surface area (Å²) in [4.78, 5) is 12.7. The van der Waals surface area contributed by atoms with Gasteiger partial charge in [0.1, 0.15) is 12.6 Å². The van der Waals surface area contributed by atoms with E-state index in [1.165, 1.54) is 0 Å². The molecule has 4 rings (SSSR count). The molecule has 5 nitrogen and oxygen atoms in total. The summed E-state index contributed by atoms with van der Waals surface area (Å²) in [5.41, 5.74) is 3.14. The van der Waals surface area contributed by atoms with Gasteiger partial charge in [0, 0.05) is 6.54 Å². The molecule has 1 N–H and O–H groups in total. The number of hydrogen-bond donors (Lipinski definition) is 1. The molecular weight excluding hydrogens is 353 g/mol. The van der Waals surface area contributed by atoms with E-state index in [0.29, 0.717) is 6.54 Å². The maximum Gasteiger partial charge on any atom is 0.495 e. The van der Waals surface area contributed by atoms with Crippen LogP contribution in [-0.4, -0.2) is 24.3 Å². The van der Waals surface area contributed by atoms with Gasteiger partial charge in [-0.25, -0.2) is 4.79 Å². The van der Waals surface area contributed by atoms with E-state index in [9.17, 15) is 4.79 Å². The standard InChI is InChI=1S/C22H26BNO4/c1-21(2)22(3,4)28-23(27-21)18-12-8-11-16-17(18)13-24-19(16)20(25)26-14-15-9-6-5-7-10-15/h5-12,19,24H,13-14H2,1-4H3. The molecule has 1 fully saturated rings. The van der Waals surface area contributed by atoms with Crippen molar-refractivity contribution in [3.8, 4) is 0 Å². The van der Waals surface area contributed by atoms with Crippen LogP contribution in [0.3, 0.4) is 0 Å². The zero-order chi connectivity index (χ0) is 19.9. The van der Waals surface area contributed by atoms with Crippen molar-refractivity contribution in [2.75, 3.05) is 0 Å². The Morgan fingerprint density at radius 3 is 2.43 bits per heavy atom. The molecule has 0 radical (unpaired) electrons. The molecule has 0 bridgehead atoms. The van der Waals surface area contributed by atoms with Crippen molar-refractivity contribution in [2.24, 2.45) is 0 Å². The minimum Gasteiger partial charge on any atom is -0.459 e. The van der Waals surface area contributed by atoms with Gasteiger partial charge in [-0.3, -0.25) is 5.32 Å². The molecular formula is C22H26BNO4. The van der Waals surface area contributed by atoms with Gasteiger partial charge in [0.05, 0.1) is 11.2 Å². The maximum absolute atomic E-state index is 12.7. The minimum atomic E-state index is -0.471. The van der Waals surface area contributed by atoms with Crippen LogP contribution in [0.5, 0.6) is 0 Å². The van der Waals surface area contributed by atoms with Gasteiger partial charge in [-0.2, -0.15) is 0 Å². The summed E-state index contributed by atoms with van der Waals surface area (Å²) in [5, 5.41) is 3.28. The van der Waals surface area contributed by atoms with Crippen LogP contribution in [0.4, 0.5) is 0 Å². The van der Waals surface area contributed by atoms with Gasteiger partial charge in [0.25, 0.3) is 0 Å². The molecule has 2 heterocycles. The largest absolute Gasteiger partial charge is 0.495 e. The van der Waals surface area contributed by atoms with E-state index in [-0.39, 0.29) is 12.6 Å². The maximum atomic E-state index is 12.7. The zero-order valence-electron chi connectivity index (χ0n) is 16.8. The lowest BCUT2D eigenvalue weighted by Gasteiger charge is -2.32. The summed E-state index contributed by atoms with van der Waals surface area (Å²) < 4.78 is 18.0. The van der Waals surface area contributed by atoms with E-state index >= 15 is 0 Å². The Morgan fingerprint density at radius 2 is 1.75 bits per heavy atom. The van der Waals surface area contributed by atoms with E-state index in [2.05, 4.69) is 5.32 Å². The molecule has 0 spiro atoms. The van der Waals surface area contributed by atoms with E-state index in [1.54, 1.807) is 0 Å². The summed E-state index contributed by atoms with van der Waals surface area (Å²) in [7, 11) is -0.444. The second-order valence-electron chi connectivity index (χ2n) is 8.41. The first-order valence-corrected chi connectivity index (χ1v) is 9.70. The van der Waals surface area contributed by atoms with Crippen molar-refractivity contribution in [3.63, 3.8) is 0 Å². The van der Waals surface area contributed by atoms with Crippen molar-refractivity contribution >= 4 is 18.6 Å². The van der Waals surface area contributed by atoms with Crippen LogP contribution >= 0.6 is 0 Å². The Bertz CT molecular complexity index is 865. The number of rotatable bonds is 4. The Balaban J connectivity index is 1.52. The fourth-order valence-corrected chi connectivity index (χ4v) is 3.63. The van der Waals surface area contributed by atoms with Gasteiger partial charge < -0.3 is 14.0 Å². The molecule has 0 aromatic heterocycles. The van der Waals surface area contributed by atoms with E-state index in [0.717, 1.165) is 22.2 Å². The highest BCUT2D eigenvalue weighted by molar-refractivity contribution is 6.62. The number of hydrogen-bond acceptors (Lipinski definition) is 5. The fourth-order valence-electron chi connectivity index (χ4n) is 3.63. The number of carbonyl (C=O) groups excluding carboxylic acids is 1. The number of ether oxygens (including phenoxy) is 1. The molecule has 28 heavy (non-hydrogen) atoms. The van der Waals surface area contributed by atoms with Crippen molar-refractivity contribution in [1.82, 2.24) is 5.32 Å². The summed E-state index contributed by atoms with van der Waals surface area (Å²) in [6.07, 6.45) is 0. The predicted molar refractivity (Wildman–Crippen MR) is 108 cm³/mol.